The SMILES string of the molecule is O=C([O-])c1ccc(-c2ccc3ccc4cccnc4c3n2)c2cccnc12.[Na+]. The van der Waals surface area contributed by atoms with E-state index >= 15 is 0 Å². The van der Waals surface area contributed by atoms with Gasteiger partial charge in [-0.05, 0) is 18.2 Å². The van der Waals surface area contributed by atoms with E-state index in [0.717, 1.165) is 38.4 Å². The van der Waals surface area contributed by atoms with E-state index in [2.05, 4.69) is 9.97 Å². The Morgan fingerprint density at radius 2 is 1.43 bits per heavy atom. The van der Waals surface area contributed by atoms with Gasteiger partial charge in [-0.25, -0.2) is 4.98 Å². The molecule has 28 heavy (non-hydrogen) atoms. The fourth-order valence-electron chi connectivity index (χ4n) is 3.43. The minimum atomic E-state index is -1.24. The number of rotatable bonds is 2. The maximum atomic E-state index is 11.4. The molecule has 0 amide bonds. The molecule has 0 atom stereocenters. The number of pyridine rings is 3. The average Bonchev–Trinajstić information content (AvgIpc) is 2.72. The van der Waals surface area contributed by atoms with Crippen LogP contribution in [0.3, 0.4) is 0 Å². The number of carbonyl (C=O) groups excluding carboxylic acids is 1. The summed E-state index contributed by atoms with van der Waals surface area (Å²) in [4.78, 5) is 25.0. The number of carbonyl (C=O) groups is 1. The molecular weight excluding hydrogens is 361 g/mol. The summed E-state index contributed by atoms with van der Waals surface area (Å²) in [5.41, 5.74) is 3.67. The first-order valence-corrected chi connectivity index (χ1v) is 8.46. The zero-order valence-corrected chi connectivity index (χ0v) is 17.1. The Hall–Kier alpha value is -2.86. The summed E-state index contributed by atoms with van der Waals surface area (Å²) in [6, 6.07) is 18.8. The Morgan fingerprint density at radius 3 is 2.21 bits per heavy atom. The van der Waals surface area contributed by atoms with E-state index in [1.807, 2.05) is 42.5 Å². The van der Waals surface area contributed by atoms with Crippen molar-refractivity contribution in [1.29, 1.82) is 0 Å². The molecule has 3 aromatic heterocycles. The summed E-state index contributed by atoms with van der Waals surface area (Å²) in [7, 11) is 0. The summed E-state index contributed by atoms with van der Waals surface area (Å²) in [5, 5.41) is 14.2. The molecule has 0 fully saturated rings. The molecule has 5 rings (SSSR count). The smallest absolute Gasteiger partial charge is 0.545 e. The largest absolute Gasteiger partial charge is 1.00 e. The molecule has 0 radical (unpaired) electrons. The fraction of sp³-hybridized carbons (Fsp3) is 0. The van der Waals surface area contributed by atoms with E-state index < -0.39 is 5.97 Å². The summed E-state index contributed by atoms with van der Waals surface area (Å²) in [6.45, 7) is 0. The van der Waals surface area contributed by atoms with Gasteiger partial charge in [0, 0.05) is 39.7 Å². The molecule has 0 unspecified atom stereocenters. The Balaban J connectivity index is 0.00000192. The van der Waals surface area contributed by atoms with Crippen molar-refractivity contribution in [2.45, 2.75) is 0 Å². The van der Waals surface area contributed by atoms with Crippen LogP contribution in [0.5, 0.6) is 0 Å². The molecule has 0 aliphatic carbocycles. The second-order valence-electron chi connectivity index (χ2n) is 6.26. The van der Waals surface area contributed by atoms with Crippen LogP contribution in [0.1, 0.15) is 10.4 Å². The molecule has 0 spiro atoms. The van der Waals surface area contributed by atoms with E-state index in [-0.39, 0.29) is 35.1 Å². The van der Waals surface area contributed by atoms with Gasteiger partial charge in [-0.3, -0.25) is 9.97 Å². The third-order valence-corrected chi connectivity index (χ3v) is 4.70. The second kappa shape index (κ2) is 7.28. The van der Waals surface area contributed by atoms with Crippen molar-refractivity contribution in [2.24, 2.45) is 0 Å². The van der Waals surface area contributed by atoms with E-state index in [1.54, 1.807) is 24.5 Å². The van der Waals surface area contributed by atoms with E-state index in [1.165, 1.54) is 6.07 Å². The van der Waals surface area contributed by atoms with Gasteiger partial charge >= 0.3 is 29.6 Å². The molecule has 6 heteroatoms. The molecule has 0 aliphatic heterocycles. The van der Waals surface area contributed by atoms with Crippen molar-refractivity contribution in [1.82, 2.24) is 15.0 Å². The van der Waals surface area contributed by atoms with Crippen LogP contribution in [-0.4, -0.2) is 20.9 Å². The topological polar surface area (TPSA) is 78.8 Å². The molecule has 0 saturated carbocycles. The Bertz CT molecular complexity index is 1370. The predicted octanol–water partition coefficient (Wildman–Crippen LogP) is 0.366. The number of carboxylic acid groups (broad SMARTS) is 1. The van der Waals surface area contributed by atoms with Crippen molar-refractivity contribution < 1.29 is 39.5 Å². The summed E-state index contributed by atoms with van der Waals surface area (Å²) < 4.78 is 0. The van der Waals surface area contributed by atoms with Crippen LogP contribution in [0.2, 0.25) is 0 Å². The number of benzene rings is 2. The zero-order chi connectivity index (χ0) is 18.4. The van der Waals surface area contributed by atoms with Crippen LogP contribution in [0.4, 0.5) is 0 Å². The first kappa shape index (κ1) is 18.5. The van der Waals surface area contributed by atoms with Gasteiger partial charge in [0.25, 0.3) is 0 Å². The fourth-order valence-corrected chi connectivity index (χ4v) is 3.43. The molecule has 0 aliphatic rings. The van der Waals surface area contributed by atoms with Crippen LogP contribution in [0.15, 0.2) is 73.1 Å². The number of fused-ring (bicyclic) bond motifs is 4. The Labute approximate surface area is 182 Å². The number of aromatic nitrogens is 3. The summed E-state index contributed by atoms with van der Waals surface area (Å²) in [6.07, 6.45) is 3.33. The molecule has 2 aromatic carbocycles. The standard InChI is InChI=1S/C22H13N3O2.Na/c26-22(27)17-9-8-15(16-4-2-12-24-21(16)17)18-10-7-14-6-5-13-3-1-11-23-19(13)20(14)25-18;/h1-12H,(H,26,27);/q;+1/p-1. The first-order valence-electron chi connectivity index (χ1n) is 8.46. The van der Waals surface area contributed by atoms with Crippen molar-refractivity contribution in [3.8, 4) is 11.3 Å². The van der Waals surface area contributed by atoms with Crippen LogP contribution >= 0.6 is 0 Å². The summed E-state index contributed by atoms with van der Waals surface area (Å²) in [5.74, 6) is -1.24. The molecule has 0 bridgehead atoms. The number of nitrogens with zero attached hydrogens (tertiary/aromatic N) is 3. The molecule has 0 saturated heterocycles. The minimum absolute atomic E-state index is 0. The monoisotopic (exact) mass is 373 g/mol. The van der Waals surface area contributed by atoms with Crippen LogP contribution in [0, 0.1) is 0 Å². The maximum Gasteiger partial charge on any atom is 1.00 e. The first-order chi connectivity index (χ1) is 13.2. The second-order valence-corrected chi connectivity index (χ2v) is 6.26. The normalized spacial score (nSPS) is 10.9. The number of carboxylic acids is 1. The molecule has 0 N–H and O–H groups in total. The third kappa shape index (κ3) is 2.94. The number of aromatic carboxylic acids is 1. The van der Waals surface area contributed by atoms with Gasteiger partial charge in [0.05, 0.1) is 28.2 Å². The van der Waals surface area contributed by atoms with Gasteiger partial charge in [0.15, 0.2) is 0 Å². The van der Waals surface area contributed by atoms with Gasteiger partial charge in [0.1, 0.15) is 0 Å². The average molecular weight is 373 g/mol. The molecule has 5 aromatic rings. The number of hydrogen-bond acceptors (Lipinski definition) is 5. The summed E-state index contributed by atoms with van der Waals surface area (Å²) >= 11 is 0. The van der Waals surface area contributed by atoms with Crippen molar-refractivity contribution in [3.63, 3.8) is 0 Å². The maximum absolute atomic E-state index is 11.4. The van der Waals surface area contributed by atoms with Crippen molar-refractivity contribution in [3.05, 3.63) is 78.6 Å². The number of hydrogen-bond donors (Lipinski definition) is 0. The predicted molar refractivity (Wildman–Crippen MR) is 102 cm³/mol. The molecule has 5 nitrogen and oxygen atoms in total. The van der Waals surface area contributed by atoms with Crippen molar-refractivity contribution >= 4 is 38.7 Å². The van der Waals surface area contributed by atoms with Gasteiger partial charge < -0.3 is 9.90 Å². The van der Waals surface area contributed by atoms with E-state index in [0.29, 0.717) is 5.52 Å². The quantitative estimate of drug-likeness (QED) is 0.330. The van der Waals surface area contributed by atoms with Crippen molar-refractivity contribution in [2.75, 3.05) is 0 Å². The molecular formula is C22H12N3NaO2. The zero-order valence-electron chi connectivity index (χ0n) is 15.1. The van der Waals surface area contributed by atoms with Crippen LogP contribution in [0.25, 0.3) is 44.0 Å². The van der Waals surface area contributed by atoms with Gasteiger partial charge in [-0.2, -0.15) is 0 Å². The Kier molecular flexibility index (Phi) is 4.81. The minimum Gasteiger partial charge on any atom is -0.545 e. The molecule has 3 heterocycles. The van der Waals surface area contributed by atoms with Crippen LogP contribution in [-0.2, 0) is 0 Å². The van der Waals surface area contributed by atoms with E-state index in [4.69, 9.17) is 4.98 Å². The van der Waals surface area contributed by atoms with E-state index in [9.17, 15) is 9.90 Å². The van der Waals surface area contributed by atoms with Gasteiger partial charge in [-0.15, -0.1) is 0 Å². The van der Waals surface area contributed by atoms with Crippen LogP contribution < -0.4 is 34.7 Å². The third-order valence-electron chi connectivity index (χ3n) is 4.70. The molecule has 128 valence electrons. The van der Waals surface area contributed by atoms with Gasteiger partial charge in [-0.1, -0.05) is 42.5 Å². The van der Waals surface area contributed by atoms with Gasteiger partial charge in [0.2, 0.25) is 0 Å². The Morgan fingerprint density at radius 1 is 0.750 bits per heavy atom.